The summed E-state index contributed by atoms with van der Waals surface area (Å²) in [7, 11) is 0.913. The van der Waals surface area contributed by atoms with E-state index in [0.717, 1.165) is 0 Å². The third-order valence-corrected chi connectivity index (χ3v) is 3.81. The van der Waals surface area contributed by atoms with E-state index in [9.17, 15) is 5.11 Å². The van der Waals surface area contributed by atoms with Gasteiger partial charge < -0.3 is 19.2 Å². The number of rotatable bonds is 3. The molecule has 1 aliphatic heterocycles. The molecule has 1 N–H and O–H groups in total. The molecule has 0 radical (unpaired) electrons. The molecule has 0 aliphatic carbocycles. The van der Waals surface area contributed by atoms with Gasteiger partial charge in [-0.25, -0.2) is 0 Å². The molecule has 0 atom stereocenters. The van der Waals surface area contributed by atoms with Gasteiger partial charge in [-0.05, 0) is 33.8 Å². The number of ether oxygens (including phenoxy) is 1. The molecule has 2 heterocycles. The van der Waals surface area contributed by atoms with E-state index in [1.807, 2.05) is 27.7 Å². The fourth-order valence-electron chi connectivity index (χ4n) is 1.91. The molecule has 0 aromatic carbocycles. The summed E-state index contributed by atoms with van der Waals surface area (Å²) in [4.78, 5) is 4.18. The first-order valence-corrected chi connectivity index (χ1v) is 6.30. The van der Waals surface area contributed by atoms with E-state index in [0.29, 0.717) is 17.8 Å². The van der Waals surface area contributed by atoms with Crippen molar-refractivity contribution < 1.29 is 19.2 Å². The standard InChI is InChI=1S/C13H20BNO4/c1-12(2)13(3,4)19-14(18-12)11-10(16)9(8-17-5)6-7-15-11/h6-7,16H,8H2,1-5H3. The van der Waals surface area contributed by atoms with Crippen molar-refractivity contribution in [1.29, 1.82) is 0 Å². The first-order valence-electron chi connectivity index (χ1n) is 6.30. The smallest absolute Gasteiger partial charge is 0.506 e. The minimum absolute atomic E-state index is 0.0721. The second-order valence-corrected chi connectivity index (χ2v) is 5.73. The van der Waals surface area contributed by atoms with Crippen molar-refractivity contribution in [2.75, 3.05) is 7.11 Å². The van der Waals surface area contributed by atoms with Crippen LogP contribution in [0.1, 0.15) is 33.3 Å². The van der Waals surface area contributed by atoms with Gasteiger partial charge in [0.1, 0.15) is 11.3 Å². The molecule has 0 unspecified atom stereocenters. The molecule has 5 nitrogen and oxygen atoms in total. The minimum atomic E-state index is -0.665. The van der Waals surface area contributed by atoms with Crippen LogP contribution < -0.4 is 5.59 Å². The van der Waals surface area contributed by atoms with Crippen LogP contribution >= 0.6 is 0 Å². The Bertz CT molecular complexity index is 460. The Morgan fingerprint density at radius 3 is 2.37 bits per heavy atom. The summed E-state index contributed by atoms with van der Waals surface area (Å²) < 4.78 is 16.8. The molecule has 19 heavy (non-hydrogen) atoms. The average molecular weight is 265 g/mol. The Hall–Kier alpha value is -1.11. The highest BCUT2D eigenvalue weighted by Gasteiger charge is 2.53. The van der Waals surface area contributed by atoms with Gasteiger partial charge in [-0.15, -0.1) is 0 Å². The van der Waals surface area contributed by atoms with Crippen LogP contribution in [0.4, 0.5) is 0 Å². The highest BCUT2D eigenvalue weighted by Crippen LogP contribution is 2.37. The summed E-state index contributed by atoms with van der Waals surface area (Å²) in [5, 5.41) is 10.2. The number of pyridine rings is 1. The highest BCUT2D eigenvalue weighted by atomic mass is 16.7. The zero-order valence-corrected chi connectivity index (χ0v) is 12.1. The number of methoxy groups -OCH3 is 1. The van der Waals surface area contributed by atoms with Crippen LogP contribution in [0.2, 0.25) is 0 Å². The Morgan fingerprint density at radius 1 is 1.26 bits per heavy atom. The largest absolute Gasteiger partial charge is 0.518 e. The third-order valence-electron chi connectivity index (χ3n) is 3.81. The second kappa shape index (κ2) is 4.78. The van der Waals surface area contributed by atoms with E-state index in [4.69, 9.17) is 14.0 Å². The molecule has 0 amide bonds. The van der Waals surface area contributed by atoms with E-state index < -0.39 is 18.3 Å². The number of aromatic hydroxyl groups is 1. The van der Waals surface area contributed by atoms with Crippen LogP contribution in [0.25, 0.3) is 0 Å². The Morgan fingerprint density at radius 2 is 1.84 bits per heavy atom. The van der Waals surface area contributed by atoms with Gasteiger partial charge in [0, 0.05) is 18.9 Å². The highest BCUT2D eigenvalue weighted by molar-refractivity contribution is 6.62. The molecule has 0 spiro atoms. The molecular formula is C13H20BNO4. The fourth-order valence-corrected chi connectivity index (χ4v) is 1.91. The first-order chi connectivity index (χ1) is 8.78. The maximum absolute atomic E-state index is 10.2. The molecular weight excluding hydrogens is 245 g/mol. The van der Waals surface area contributed by atoms with Crippen LogP contribution in [0.15, 0.2) is 12.3 Å². The van der Waals surface area contributed by atoms with Gasteiger partial charge in [-0.2, -0.15) is 0 Å². The lowest BCUT2D eigenvalue weighted by Gasteiger charge is -2.32. The normalized spacial score (nSPS) is 20.8. The SMILES string of the molecule is COCc1ccnc(B2OC(C)(C)C(C)(C)O2)c1O. The molecule has 1 fully saturated rings. The average Bonchev–Trinajstić information content (AvgIpc) is 2.51. The van der Waals surface area contributed by atoms with E-state index in [2.05, 4.69) is 4.98 Å². The van der Waals surface area contributed by atoms with Crippen LogP contribution in [0.5, 0.6) is 5.75 Å². The van der Waals surface area contributed by atoms with Gasteiger partial charge >= 0.3 is 7.12 Å². The van der Waals surface area contributed by atoms with Gasteiger partial charge in [0.25, 0.3) is 0 Å². The molecule has 2 rings (SSSR count). The number of hydrogen-bond donors (Lipinski definition) is 1. The molecule has 1 aromatic rings. The molecule has 6 heteroatoms. The van der Waals surface area contributed by atoms with Gasteiger partial charge in [0.2, 0.25) is 0 Å². The van der Waals surface area contributed by atoms with Crippen molar-refractivity contribution >= 4 is 12.7 Å². The van der Waals surface area contributed by atoms with E-state index in [1.165, 1.54) is 0 Å². The zero-order valence-electron chi connectivity index (χ0n) is 12.1. The van der Waals surface area contributed by atoms with Gasteiger partial charge in [-0.3, -0.25) is 4.98 Å². The summed E-state index contributed by atoms with van der Waals surface area (Å²) >= 11 is 0. The van der Waals surface area contributed by atoms with Crippen LogP contribution in [-0.4, -0.2) is 35.5 Å². The monoisotopic (exact) mass is 265 g/mol. The molecule has 1 saturated heterocycles. The number of hydrogen-bond acceptors (Lipinski definition) is 5. The Balaban J connectivity index is 2.32. The van der Waals surface area contributed by atoms with Crippen molar-refractivity contribution in [3.8, 4) is 5.75 Å². The quantitative estimate of drug-likeness (QED) is 0.833. The molecule has 104 valence electrons. The van der Waals surface area contributed by atoms with Crippen molar-refractivity contribution in [3.05, 3.63) is 17.8 Å². The molecule has 1 aromatic heterocycles. The predicted octanol–water partition coefficient (Wildman–Crippen LogP) is 1.23. The first kappa shape index (κ1) is 14.3. The van der Waals surface area contributed by atoms with Gasteiger partial charge in [0.05, 0.1) is 17.8 Å². The molecule has 1 aliphatic rings. The summed E-state index contributed by atoms with van der Waals surface area (Å²) in [6, 6.07) is 1.72. The lowest BCUT2D eigenvalue weighted by molar-refractivity contribution is 0.00578. The van der Waals surface area contributed by atoms with Crippen LogP contribution in [0.3, 0.4) is 0 Å². The fraction of sp³-hybridized carbons (Fsp3) is 0.615. The van der Waals surface area contributed by atoms with Gasteiger partial charge in [0.15, 0.2) is 0 Å². The lowest BCUT2D eigenvalue weighted by atomic mass is 9.82. The van der Waals surface area contributed by atoms with Crippen molar-refractivity contribution in [2.24, 2.45) is 0 Å². The van der Waals surface area contributed by atoms with E-state index in [1.54, 1.807) is 19.4 Å². The lowest BCUT2D eigenvalue weighted by Crippen LogP contribution is -2.41. The molecule has 0 bridgehead atoms. The summed E-state index contributed by atoms with van der Waals surface area (Å²) in [5.74, 6) is 0.0721. The summed E-state index contributed by atoms with van der Waals surface area (Å²) in [6.45, 7) is 8.17. The van der Waals surface area contributed by atoms with Crippen LogP contribution in [-0.2, 0) is 20.7 Å². The zero-order chi connectivity index (χ0) is 14.3. The summed E-state index contributed by atoms with van der Waals surface area (Å²) in [6.07, 6.45) is 1.62. The van der Waals surface area contributed by atoms with Gasteiger partial charge in [-0.1, -0.05) is 0 Å². The predicted molar refractivity (Wildman–Crippen MR) is 72.3 cm³/mol. The minimum Gasteiger partial charge on any atom is -0.506 e. The Labute approximate surface area is 114 Å². The van der Waals surface area contributed by atoms with E-state index in [-0.39, 0.29) is 5.75 Å². The van der Waals surface area contributed by atoms with Crippen LogP contribution in [0, 0.1) is 0 Å². The maximum Gasteiger partial charge on any atom is 0.518 e. The van der Waals surface area contributed by atoms with Crippen molar-refractivity contribution in [2.45, 2.75) is 45.5 Å². The Kier molecular flexibility index (Phi) is 3.60. The van der Waals surface area contributed by atoms with E-state index >= 15 is 0 Å². The van der Waals surface area contributed by atoms with Crippen molar-refractivity contribution in [3.63, 3.8) is 0 Å². The second-order valence-electron chi connectivity index (χ2n) is 5.73. The molecule has 0 saturated carbocycles. The van der Waals surface area contributed by atoms with Crippen molar-refractivity contribution in [1.82, 2.24) is 4.98 Å². The third kappa shape index (κ3) is 2.48. The maximum atomic E-state index is 10.2. The number of nitrogens with zero attached hydrogens (tertiary/aromatic N) is 1. The number of aromatic nitrogens is 1. The summed E-state index contributed by atoms with van der Waals surface area (Å²) in [5.41, 5.74) is 0.155. The topological polar surface area (TPSA) is 60.8 Å².